The highest BCUT2D eigenvalue weighted by Gasteiger charge is 2.53. The van der Waals surface area contributed by atoms with E-state index in [0.717, 1.165) is 0 Å². The van der Waals surface area contributed by atoms with Gasteiger partial charge in [-0.3, -0.25) is 19.2 Å². The second-order valence-corrected chi connectivity index (χ2v) is 6.67. The number of aryl methyl sites for hydroxylation is 1. The molecule has 9 heteroatoms. The summed E-state index contributed by atoms with van der Waals surface area (Å²) in [7, 11) is 1.73. The van der Waals surface area contributed by atoms with E-state index in [1.54, 1.807) is 25.6 Å². The van der Waals surface area contributed by atoms with Crippen LogP contribution in [0.2, 0.25) is 0 Å². The first-order valence-electron chi connectivity index (χ1n) is 7.00. The van der Waals surface area contributed by atoms with Gasteiger partial charge in [-0.15, -0.1) is 11.8 Å². The van der Waals surface area contributed by atoms with Crippen molar-refractivity contribution in [2.45, 2.75) is 25.3 Å². The largest absolute Gasteiger partial charge is 0.477 e. The Hall–Kier alpha value is -2.29. The van der Waals surface area contributed by atoms with Gasteiger partial charge in [0.15, 0.2) is 0 Å². The minimum absolute atomic E-state index is 0.0295. The van der Waals surface area contributed by atoms with Crippen LogP contribution >= 0.6 is 11.8 Å². The molecule has 122 valence electrons. The van der Waals surface area contributed by atoms with Crippen LogP contribution in [0.3, 0.4) is 0 Å². The number of carbonyl (C=O) groups excluding carboxylic acids is 2. The normalized spacial score (nSPS) is 23.4. The summed E-state index contributed by atoms with van der Waals surface area (Å²) >= 11 is 1.45. The van der Waals surface area contributed by atoms with Crippen LogP contribution in [0, 0.1) is 6.92 Å². The number of hydrogen-bond acceptors (Lipinski definition) is 5. The Balaban J connectivity index is 1.78. The second-order valence-electron chi connectivity index (χ2n) is 5.56. The number of fused-ring (bicyclic) bond motifs is 1. The molecule has 0 aromatic carbocycles. The van der Waals surface area contributed by atoms with E-state index in [4.69, 9.17) is 0 Å². The lowest BCUT2D eigenvalue weighted by Crippen LogP contribution is -2.70. The van der Waals surface area contributed by atoms with Gasteiger partial charge in [0.2, 0.25) is 0 Å². The fraction of sp³-hybridized carbons (Fsp3) is 0.429. The van der Waals surface area contributed by atoms with Crippen LogP contribution in [-0.2, 0) is 16.6 Å². The number of nitrogens with one attached hydrogen (secondary N) is 1. The molecule has 23 heavy (non-hydrogen) atoms. The molecule has 0 radical (unpaired) electrons. The van der Waals surface area contributed by atoms with Gasteiger partial charge in [0.25, 0.3) is 11.8 Å². The molecule has 8 nitrogen and oxygen atoms in total. The molecule has 2 aliphatic heterocycles. The maximum atomic E-state index is 12.3. The lowest BCUT2D eigenvalue weighted by atomic mass is 10.0. The number of aliphatic carboxylic acids is 1. The van der Waals surface area contributed by atoms with E-state index >= 15 is 0 Å². The highest BCUT2D eigenvalue weighted by molar-refractivity contribution is 8.00. The molecular formula is C14H16N4O4S. The molecule has 1 aromatic rings. The van der Waals surface area contributed by atoms with E-state index in [9.17, 15) is 19.5 Å². The lowest BCUT2D eigenvalue weighted by molar-refractivity contribution is -0.148. The van der Waals surface area contributed by atoms with Crippen LogP contribution in [0.25, 0.3) is 0 Å². The molecule has 0 spiro atoms. The van der Waals surface area contributed by atoms with Crippen molar-refractivity contribution < 1.29 is 19.5 Å². The predicted octanol–water partition coefficient (Wildman–Crippen LogP) is 0.101. The molecule has 0 saturated carbocycles. The Labute approximate surface area is 136 Å². The minimum atomic E-state index is -1.12. The van der Waals surface area contributed by atoms with Crippen LogP contribution in [0.15, 0.2) is 17.5 Å². The molecule has 2 N–H and O–H groups in total. The van der Waals surface area contributed by atoms with Crippen LogP contribution in [-0.4, -0.2) is 54.7 Å². The number of carbonyl (C=O) groups is 3. The number of hydrogen-bond donors (Lipinski definition) is 2. The SMILES string of the molecule is CC1=C(C(=O)O)N2C(=O)[C@H](NC(=O)c3cnn(C)c3C)[C@@H]2SC1. The van der Waals surface area contributed by atoms with E-state index in [-0.39, 0.29) is 17.0 Å². The summed E-state index contributed by atoms with van der Waals surface area (Å²) in [6.45, 7) is 3.46. The number of aromatic nitrogens is 2. The summed E-state index contributed by atoms with van der Waals surface area (Å²) in [5.74, 6) is -1.37. The maximum absolute atomic E-state index is 12.3. The van der Waals surface area contributed by atoms with Crippen molar-refractivity contribution in [1.82, 2.24) is 20.0 Å². The number of carboxylic acids is 1. The molecule has 0 aliphatic carbocycles. The monoisotopic (exact) mass is 336 g/mol. The third-order valence-electron chi connectivity index (χ3n) is 4.13. The number of rotatable bonds is 3. The maximum Gasteiger partial charge on any atom is 0.352 e. The zero-order chi connectivity index (χ0) is 16.9. The molecular weight excluding hydrogens is 320 g/mol. The van der Waals surface area contributed by atoms with E-state index in [1.807, 2.05) is 0 Å². The first-order chi connectivity index (χ1) is 10.8. The van der Waals surface area contributed by atoms with Crippen LogP contribution in [0.5, 0.6) is 0 Å². The third kappa shape index (κ3) is 2.31. The summed E-state index contributed by atoms with van der Waals surface area (Å²) in [6.07, 6.45) is 1.45. The van der Waals surface area contributed by atoms with E-state index in [2.05, 4.69) is 10.4 Å². The van der Waals surface area contributed by atoms with E-state index in [1.165, 1.54) is 22.9 Å². The molecule has 1 aromatic heterocycles. The smallest absolute Gasteiger partial charge is 0.352 e. The van der Waals surface area contributed by atoms with Gasteiger partial charge < -0.3 is 10.4 Å². The average molecular weight is 336 g/mol. The summed E-state index contributed by atoms with van der Waals surface area (Å²) < 4.78 is 1.58. The molecule has 2 atom stereocenters. The molecule has 3 rings (SSSR count). The van der Waals surface area contributed by atoms with Gasteiger partial charge in [-0.05, 0) is 19.4 Å². The highest BCUT2D eigenvalue weighted by Crippen LogP contribution is 2.40. The molecule has 2 amide bonds. The molecule has 2 aliphatic rings. The lowest BCUT2D eigenvalue weighted by Gasteiger charge is -2.49. The summed E-state index contributed by atoms with van der Waals surface area (Å²) in [6, 6.07) is -0.713. The molecule has 0 unspecified atom stereocenters. The summed E-state index contributed by atoms with van der Waals surface area (Å²) in [5.41, 5.74) is 1.79. The Morgan fingerprint density at radius 3 is 2.70 bits per heavy atom. The average Bonchev–Trinajstić information content (AvgIpc) is 2.83. The van der Waals surface area contributed by atoms with Crippen LogP contribution in [0.1, 0.15) is 23.0 Å². The van der Waals surface area contributed by atoms with Gasteiger partial charge in [0, 0.05) is 18.5 Å². The van der Waals surface area contributed by atoms with Crippen molar-refractivity contribution >= 4 is 29.5 Å². The number of nitrogens with zero attached hydrogens (tertiary/aromatic N) is 3. The van der Waals surface area contributed by atoms with E-state index in [0.29, 0.717) is 22.6 Å². The summed E-state index contributed by atoms with van der Waals surface area (Å²) in [5, 5.41) is 15.6. The zero-order valence-electron chi connectivity index (χ0n) is 12.9. The highest BCUT2D eigenvalue weighted by atomic mass is 32.2. The standard InChI is InChI=1S/C14H16N4O4S/c1-6-5-23-13-9(12(20)18(13)10(6)14(21)22)16-11(19)8-4-15-17(3)7(8)2/h4,9,13H,5H2,1-3H3,(H,16,19)(H,21,22)/t9-,13-/m0/s1. The van der Waals surface area contributed by atoms with Crippen LogP contribution in [0.4, 0.5) is 0 Å². The topological polar surface area (TPSA) is 105 Å². The van der Waals surface area contributed by atoms with Crippen molar-refractivity contribution in [3.63, 3.8) is 0 Å². The van der Waals surface area contributed by atoms with Crippen molar-refractivity contribution in [1.29, 1.82) is 0 Å². The Bertz CT molecular complexity index is 754. The number of β-lactam (4-membered cyclic amide) rings is 1. The fourth-order valence-corrected chi connectivity index (χ4v) is 4.01. The fourth-order valence-electron chi connectivity index (χ4n) is 2.72. The zero-order valence-corrected chi connectivity index (χ0v) is 13.7. The quantitative estimate of drug-likeness (QED) is 0.759. The Morgan fingerprint density at radius 2 is 2.13 bits per heavy atom. The minimum Gasteiger partial charge on any atom is -0.477 e. The second kappa shape index (κ2) is 5.41. The summed E-state index contributed by atoms with van der Waals surface area (Å²) in [4.78, 5) is 37.2. The van der Waals surface area contributed by atoms with Gasteiger partial charge in [-0.1, -0.05) is 0 Å². The molecule has 3 heterocycles. The van der Waals surface area contributed by atoms with Gasteiger partial charge in [0.1, 0.15) is 17.1 Å². The first-order valence-corrected chi connectivity index (χ1v) is 8.05. The molecule has 0 bridgehead atoms. The predicted molar refractivity (Wildman–Crippen MR) is 82.6 cm³/mol. The van der Waals surface area contributed by atoms with Crippen LogP contribution < -0.4 is 5.32 Å². The Morgan fingerprint density at radius 1 is 1.43 bits per heavy atom. The molecule has 1 fully saturated rings. The van der Waals surface area contributed by atoms with Crippen molar-refractivity contribution in [2.24, 2.45) is 7.05 Å². The van der Waals surface area contributed by atoms with Gasteiger partial charge in [-0.2, -0.15) is 5.10 Å². The van der Waals surface area contributed by atoms with E-state index < -0.39 is 17.9 Å². The number of amides is 2. The third-order valence-corrected chi connectivity index (χ3v) is 5.55. The number of carboxylic acid groups (broad SMARTS) is 1. The van der Waals surface area contributed by atoms with Gasteiger partial charge in [-0.25, -0.2) is 4.79 Å². The van der Waals surface area contributed by atoms with Crippen molar-refractivity contribution in [3.05, 3.63) is 28.7 Å². The van der Waals surface area contributed by atoms with Gasteiger partial charge >= 0.3 is 5.97 Å². The van der Waals surface area contributed by atoms with Crippen molar-refractivity contribution in [2.75, 3.05) is 5.75 Å². The molecule has 1 saturated heterocycles. The van der Waals surface area contributed by atoms with Crippen molar-refractivity contribution in [3.8, 4) is 0 Å². The number of thioether (sulfide) groups is 1. The first kappa shape index (κ1) is 15.6. The Kier molecular flexibility index (Phi) is 3.67. The van der Waals surface area contributed by atoms with Gasteiger partial charge in [0.05, 0.1) is 11.8 Å².